The minimum Gasteiger partial charge on any atom is -0.508 e. The lowest BCUT2D eigenvalue weighted by Gasteiger charge is -2.33. The molecule has 146 valence electrons. The molecule has 1 aliphatic rings. The number of carbonyl (C=O) groups is 1. The number of nitrogens with zero attached hydrogens (tertiary/aromatic N) is 2. The van der Waals surface area contributed by atoms with Gasteiger partial charge in [-0.3, -0.25) is 0 Å². The van der Waals surface area contributed by atoms with Gasteiger partial charge >= 0.3 is 5.97 Å². The summed E-state index contributed by atoms with van der Waals surface area (Å²) < 4.78 is 42.6. The molecule has 27 heavy (non-hydrogen) atoms. The molecule has 2 aromatic rings. The Balaban J connectivity index is 2.02. The Morgan fingerprint density at radius 1 is 1.22 bits per heavy atom. The molecule has 3 rings (SSSR count). The van der Waals surface area contributed by atoms with Gasteiger partial charge in [-0.2, -0.15) is 4.31 Å². The molecule has 0 fully saturated rings. The molecule has 10 heteroatoms. The largest absolute Gasteiger partial charge is 0.508 e. The first-order chi connectivity index (χ1) is 12.4. The highest BCUT2D eigenvalue weighted by Crippen LogP contribution is 2.37. The summed E-state index contributed by atoms with van der Waals surface area (Å²) in [4.78, 5) is 12.4. The molecule has 1 N–H and O–H groups in total. The number of aromatic hydroxyl groups is 1. The maximum atomic E-state index is 12.9. The lowest BCUT2D eigenvalue weighted by molar-refractivity contribution is -0.127. The monoisotopic (exact) mass is 396 g/mol. The maximum absolute atomic E-state index is 12.9. The number of fused-ring (bicyclic) bond motifs is 1. The van der Waals surface area contributed by atoms with E-state index in [4.69, 9.17) is 14.0 Å². The fraction of sp³-hybridized carbons (Fsp3) is 0.412. The second-order valence-corrected chi connectivity index (χ2v) is 8.77. The zero-order valence-electron chi connectivity index (χ0n) is 15.6. The predicted octanol–water partition coefficient (Wildman–Crippen LogP) is 2.10. The van der Waals surface area contributed by atoms with Crippen LogP contribution in [-0.2, 0) is 21.3 Å². The molecule has 9 nitrogen and oxygen atoms in total. The van der Waals surface area contributed by atoms with E-state index < -0.39 is 21.8 Å². The minimum absolute atomic E-state index is 0.0287. The molecule has 0 saturated heterocycles. The maximum Gasteiger partial charge on any atom is 0.345 e. The number of carbonyl (C=O) groups excluding carboxylic acids is 1. The third-order valence-corrected chi connectivity index (χ3v) is 6.14. The Hall–Kier alpha value is -2.59. The number of hydrogen-bond donors (Lipinski definition) is 1. The smallest absolute Gasteiger partial charge is 0.345 e. The summed E-state index contributed by atoms with van der Waals surface area (Å²) in [5.74, 6) is -1.70. The SMILES string of the molecule is Cc1noc(C)c1S(=O)(=O)N(C)Cc1cc(O)cc2c1C(=O)OC(C)(C)O2. The van der Waals surface area contributed by atoms with Crippen molar-refractivity contribution in [3.8, 4) is 11.5 Å². The molecule has 0 spiro atoms. The van der Waals surface area contributed by atoms with Gasteiger partial charge in [0.15, 0.2) is 5.76 Å². The van der Waals surface area contributed by atoms with Crippen LogP contribution in [0.3, 0.4) is 0 Å². The molecule has 1 aromatic heterocycles. The van der Waals surface area contributed by atoms with Crippen molar-refractivity contribution in [1.29, 1.82) is 0 Å². The van der Waals surface area contributed by atoms with E-state index in [2.05, 4.69) is 5.16 Å². The van der Waals surface area contributed by atoms with Gasteiger partial charge in [0.2, 0.25) is 15.8 Å². The quantitative estimate of drug-likeness (QED) is 0.781. The molecule has 0 saturated carbocycles. The van der Waals surface area contributed by atoms with Gasteiger partial charge < -0.3 is 19.1 Å². The van der Waals surface area contributed by atoms with Crippen molar-refractivity contribution in [2.75, 3.05) is 7.05 Å². The Labute approximate surface area is 156 Å². The number of hydrogen-bond acceptors (Lipinski definition) is 8. The number of benzene rings is 1. The summed E-state index contributed by atoms with van der Waals surface area (Å²) in [5.41, 5.74) is 0.568. The average molecular weight is 396 g/mol. The van der Waals surface area contributed by atoms with Crippen LogP contribution in [0, 0.1) is 13.8 Å². The normalized spacial score (nSPS) is 16.0. The first kappa shape index (κ1) is 19.2. The van der Waals surface area contributed by atoms with Gasteiger partial charge in [0.1, 0.15) is 27.7 Å². The Bertz CT molecular complexity index is 1000. The summed E-state index contributed by atoms with van der Waals surface area (Å²) in [6.07, 6.45) is 0. The van der Waals surface area contributed by atoms with E-state index in [1.54, 1.807) is 13.8 Å². The van der Waals surface area contributed by atoms with E-state index in [-0.39, 0.29) is 45.5 Å². The Kier molecular flexibility index (Phi) is 4.43. The number of cyclic esters (lactones) is 1. The van der Waals surface area contributed by atoms with Crippen LogP contribution in [0.25, 0.3) is 0 Å². The molecule has 0 atom stereocenters. The fourth-order valence-electron chi connectivity index (χ4n) is 2.98. The predicted molar refractivity (Wildman–Crippen MR) is 92.9 cm³/mol. The highest BCUT2D eigenvalue weighted by Gasteiger charge is 2.37. The average Bonchev–Trinajstić information content (AvgIpc) is 2.84. The summed E-state index contributed by atoms with van der Waals surface area (Å²) in [6, 6.07) is 2.60. The zero-order valence-corrected chi connectivity index (χ0v) is 16.4. The highest BCUT2D eigenvalue weighted by atomic mass is 32.2. The molecule has 0 radical (unpaired) electrons. The van der Waals surface area contributed by atoms with Crippen molar-refractivity contribution < 1.29 is 32.3 Å². The molecule has 1 aromatic carbocycles. The van der Waals surface area contributed by atoms with Crippen molar-refractivity contribution in [3.63, 3.8) is 0 Å². The van der Waals surface area contributed by atoms with Crippen molar-refractivity contribution in [2.24, 2.45) is 0 Å². The van der Waals surface area contributed by atoms with Crippen LogP contribution in [0.15, 0.2) is 21.6 Å². The second kappa shape index (κ2) is 6.24. The summed E-state index contributed by atoms with van der Waals surface area (Å²) >= 11 is 0. The van der Waals surface area contributed by atoms with Crippen LogP contribution < -0.4 is 4.74 Å². The van der Waals surface area contributed by atoms with Crippen LogP contribution in [0.1, 0.15) is 41.2 Å². The Morgan fingerprint density at radius 3 is 2.48 bits per heavy atom. The van der Waals surface area contributed by atoms with Crippen LogP contribution in [-0.4, -0.2) is 41.8 Å². The molecule has 0 unspecified atom stereocenters. The third-order valence-electron chi connectivity index (χ3n) is 4.10. The van der Waals surface area contributed by atoms with Gasteiger partial charge in [-0.15, -0.1) is 0 Å². The van der Waals surface area contributed by atoms with E-state index >= 15 is 0 Å². The number of ether oxygens (including phenoxy) is 2. The summed E-state index contributed by atoms with van der Waals surface area (Å²) in [7, 11) is -2.57. The topological polar surface area (TPSA) is 119 Å². The van der Waals surface area contributed by atoms with Gasteiger partial charge in [-0.25, -0.2) is 13.2 Å². The lowest BCUT2D eigenvalue weighted by atomic mass is 10.0. The fourth-order valence-corrected chi connectivity index (χ4v) is 4.41. The molecular formula is C17H20N2O7S. The zero-order chi connectivity index (χ0) is 20.1. The number of phenols is 1. The third kappa shape index (κ3) is 3.37. The van der Waals surface area contributed by atoms with E-state index in [1.165, 1.54) is 33.0 Å². The lowest BCUT2D eigenvalue weighted by Crippen LogP contribution is -2.39. The minimum atomic E-state index is -3.93. The first-order valence-corrected chi connectivity index (χ1v) is 9.54. The van der Waals surface area contributed by atoms with Gasteiger partial charge in [0.25, 0.3) is 0 Å². The second-order valence-electron chi connectivity index (χ2n) is 6.78. The number of esters is 1. The summed E-state index contributed by atoms with van der Waals surface area (Å²) in [5, 5.41) is 13.7. The van der Waals surface area contributed by atoms with Gasteiger partial charge in [0, 0.05) is 33.5 Å². The molecule has 1 aliphatic heterocycles. The van der Waals surface area contributed by atoms with Crippen LogP contribution >= 0.6 is 0 Å². The van der Waals surface area contributed by atoms with Crippen molar-refractivity contribution in [1.82, 2.24) is 9.46 Å². The number of aryl methyl sites for hydroxylation is 2. The van der Waals surface area contributed by atoms with E-state index in [1.807, 2.05) is 0 Å². The number of phenolic OH excluding ortho intramolecular Hbond substituents is 1. The van der Waals surface area contributed by atoms with Crippen LogP contribution in [0.2, 0.25) is 0 Å². The van der Waals surface area contributed by atoms with E-state index in [0.29, 0.717) is 0 Å². The molecule has 0 aliphatic carbocycles. The van der Waals surface area contributed by atoms with E-state index in [9.17, 15) is 18.3 Å². The molecule has 0 amide bonds. The van der Waals surface area contributed by atoms with Gasteiger partial charge in [0.05, 0.1) is 0 Å². The van der Waals surface area contributed by atoms with Crippen molar-refractivity contribution in [2.45, 2.75) is 44.9 Å². The highest BCUT2D eigenvalue weighted by molar-refractivity contribution is 7.89. The number of rotatable bonds is 4. The molecule has 0 bridgehead atoms. The van der Waals surface area contributed by atoms with E-state index in [0.717, 1.165) is 4.31 Å². The molecule has 2 heterocycles. The Morgan fingerprint density at radius 2 is 1.89 bits per heavy atom. The van der Waals surface area contributed by atoms with Crippen molar-refractivity contribution in [3.05, 3.63) is 34.7 Å². The molecular weight excluding hydrogens is 376 g/mol. The van der Waals surface area contributed by atoms with Gasteiger partial charge in [-0.05, 0) is 25.5 Å². The van der Waals surface area contributed by atoms with Crippen molar-refractivity contribution >= 4 is 16.0 Å². The van der Waals surface area contributed by atoms with Crippen LogP contribution in [0.4, 0.5) is 0 Å². The van der Waals surface area contributed by atoms with Crippen LogP contribution in [0.5, 0.6) is 11.5 Å². The summed E-state index contributed by atoms with van der Waals surface area (Å²) in [6.45, 7) is 5.96. The number of sulfonamides is 1. The standard InChI is InChI=1S/C17H20N2O7S/c1-9-15(10(2)26-18-9)27(22,23)19(5)8-11-6-12(20)7-13-14(11)16(21)25-17(3,4)24-13/h6-7,20H,8H2,1-5H3. The van der Waals surface area contributed by atoms with Gasteiger partial charge in [-0.1, -0.05) is 5.16 Å². The first-order valence-electron chi connectivity index (χ1n) is 8.10. The number of aromatic nitrogens is 1.